The highest BCUT2D eigenvalue weighted by Crippen LogP contribution is 2.15. The Hall–Kier alpha value is -0.900. The topological polar surface area (TPSA) is 49.4 Å². The summed E-state index contributed by atoms with van der Waals surface area (Å²) in [4.78, 5) is 25.5. The first kappa shape index (κ1) is 15.2. The normalized spacial score (nSPS) is 23.2. The molecule has 0 aromatic rings. The maximum absolute atomic E-state index is 12.0. The van der Waals surface area contributed by atoms with E-state index in [9.17, 15) is 9.59 Å². The van der Waals surface area contributed by atoms with E-state index >= 15 is 0 Å². The van der Waals surface area contributed by atoms with Gasteiger partial charge in [-0.1, -0.05) is 20.8 Å². The highest BCUT2D eigenvalue weighted by molar-refractivity contribution is 5.83. The molecule has 0 bridgehead atoms. The second-order valence-electron chi connectivity index (χ2n) is 5.76. The van der Waals surface area contributed by atoms with Crippen LogP contribution in [-0.2, 0) is 9.59 Å². The van der Waals surface area contributed by atoms with E-state index < -0.39 is 0 Å². The molecule has 4 nitrogen and oxygen atoms in total. The van der Waals surface area contributed by atoms with E-state index in [0.29, 0.717) is 31.2 Å². The number of carbonyl (C=O) groups excluding carboxylic acids is 2. The zero-order valence-electron chi connectivity index (χ0n) is 12.0. The Morgan fingerprint density at radius 1 is 1.44 bits per heavy atom. The molecule has 1 aliphatic heterocycles. The van der Waals surface area contributed by atoms with E-state index in [1.54, 1.807) is 0 Å². The van der Waals surface area contributed by atoms with Crippen LogP contribution < -0.4 is 5.32 Å². The zero-order valence-corrected chi connectivity index (χ0v) is 12.0. The number of nitrogens with zero attached hydrogens (tertiary/aromatic N) is 1. The fraction of sp³-hybridized carbons (Fsp3) is 0.857. The van der Waals surface area contributed by atoms with Crippen LogP contribution in [0.2, 0.25) is 0 Å². The molecule has 1 amide bonds. The molecule has 0 aromatic heterocycles. The van der Waals surface area contributed by atoms with Gasteiger partial charge in [0.15, 0.2) is 0 Å². The highest BCUT2D eigenvalue weighted by atomic mass is 16.2. The van der Waals surface area contributed by atoms with Crippen molar-refractivity contribution in [3.63, 3.8) is 0 Å². The van der Waals surface area contributed by atoms with E-state index in [1.807, 2.05) is 13.8 Å². The van der Waals surface area contributed by atoms with Crippen LogP contribution in [0, 0.1) is 11.8 Å². The number of rotatable bonds is 5. The molecule has 1 fully saturated rings. The standard InChI is InChI=1S/C14H26N2O2/c1-10(2)5-7-15-14(18)12(4)16-8-6-13(17)11(3)9-16/h10-12H,5-9H2,1-4H3,(H,15,18). The molecule has 2 atom stereocenters. The lowest BCUT2D eigenvalue weighted by Gasteiger charge is -2.33. The Kier molecular flexibility index (Phi) is 5.79. The van der Waals surface area contributed by atoms with E-state index in [-0.39, 0.29) is 17.9 Å². The SMILES string of the molecule is CC(C)CCNC(=O)C(C)N1CCC(=O)C(C)C1. The molecular weight excluding hydrogens is 228 g/mol. The van der Waals surface area contributed by atoms with Crippen molar-refractivity contribution in [2.75, 3.05) is 19.6 Å². The van der Waals surface area contributed by atoms with E-state index in [2.05, 4.69) is 24.1 Å². The average molecular weight is 254 g/mol. The Balaban J connectivity index is 2.36. The van der Waals surface area contributed by atoms with Gasteiger partial charge in [-0.25, -0.2) is 0 Å². The number of carbonyl (C=O) groups is 2. The largest absolute Gasteiger partial charge is 0.355 e. The van der Waals surface area contributed by atoms with Crippen LogP contribution in [0.3, 0.4) is 0 Å². The number of hydrogen-bond acceptors (Lipinski definition) is 3. The Labute approximate surface area is 110 Å². The molecular formula is C14H26N2O2. The van der Waals surface area contributed by atoms with Crippen molar-refractivity contribution >= 4 is 11.7 Å². The summed E-state index contributed by atoms with van der Waals surface area (Å²) in [5, 5.41) is 2.97. The molecule has 1 rings (SSSR count). The minimum Gasteiger partial charge on any atom is -0.355 e. The number of hydrogen-bond donors (Lipinski definition) is 1. The maximum Gasteiger partial charge on any atom is 0.237 e. The lowest BCUT2D eigenvalue weighted by atomic mass is 9.97. The number of amides is 1. The van der Waals surface area contributed by atoms with Gasteiger partial charge < -0.3 is 5.32 Å². The van der Waals surface area contributed by atoms with Crippen molar-refractivity contribution in [2.45, 2.75) is 46.6 Å². The van der Waals surface area contributed by atoms with E-state index in [1.165, 1.54) is 0 Å². The second kappa shape index (κ2) is 6.88. The van der Waals surface area contributed by atoms with Crippen molar-refractivity contribution in [1.29, 1.82) is 0 Å². The van der Waals surface area contributed by atoms with Gasteiger partial charge in [-0.3, -0.25) is 14.5 Å². The lowest BCUT2D eigenvalue weighted by molar-refractivity contribution is -0.132. The van der Waals surface area contributed by atoms with Crippen molar-refractivity contribution in [3.8, 4) is 0 Å². The van der Waals surface area contributed by atoms with Gasteiger partial charge in [0.1, 0.15) is 5.78 Å². The summed E-state index contributed by atoms with van der Waals surface area (Å²) < 4.78 is 0. The fourth-order valence-corrected chi connectivity index (χ4v) is 2.19. The zero-order chi connectivity index (χ0) is 13.7. The van der Waals surface area contributed by atoms with Crippen molar-refractivity contribution in [3.05, 3.63) is 0 Å². The summed E-state index contributed by atoms with van der Waals surface area (Å²) in [6.45, 7) is 10.3. The third kappa shape index (κ3) is 4.41. The van der Waals surface area contributed by atoms with Crippen molar-refractivity contribution in [2.24, 2.45) is 11.8 Å². The van der Waals surface area contributed by atoms with Crippen LogP contribution in [0.25, 0.3) is 0 Å². The van der Waals surface area contributed by atoms with Crippen LogP contribution in [0.1, 0.15) is 40.5 Å². The summed E-state index contributed by atoms with van der Waals surface area (Å²) in [6, 6.07) is -0.132. The quantitative estimate of drug-likeness (QED) is 0.808. The minimum absolute atomic E-state index is 0.0599. The number of ketones is 1. The van der Waals surface area contributed by atoms with Gasteiger partial charge in [0.05, 0.1) is 6.04 Å². The average Bonchev–Trinajstić information content (AvgIpc) is 2.31. The van der Waals surface area contributed by atoms with Crippen LogP contribution in [0.4, 0.5) is 0 Å². The molecule has 18 heavy (non-hydrogen) atoms. The monoisotopic (exact) mass is 254 g/mol. The number of Topliss-reactive ketones (excluding diaryl/α,β-unsaturated/α-hetero) is 1. The molecule has 1 aliphatic rings. The molecule has 0 aromatic carbocycles. The number of likely N-dealkylation sites (tertiary alicyclic amines) is 1. The maximum atomic E-state index is 12.0. The molecule has 2 unspecified atom stereocenters. The van der Waals surface area contributed by atoms with E-state index in [0.717, 1.165) is 13.0 Å². The molecule has 4 heteroatoms. The van der Waals surface area contributed by atoms with Gasteiger partial charge >= 0.3 is 0 Å². The van der Waals surface area contributed by atoms with Crippen LogP contribution in [-0.4, -0.2) is 42.3 Å². The second-order valence-corrected chi connectivity index (χ2v) is 5.76. The molecule has 0 saturated carbocycles. The van der Waals surface area contributed by atoms with Gasteiger partial charge in [0.25, 0.3) is 0 Å². The summed E-state index contributed by atoms with van der Waals surface area (Å²) >= 11 is 0. The highest BCUT2D eigenvalue weighted by Gasteiger charge is 2.29. The molecule has 1 saturated heterocycles. The van der Waals surface area contributed by atoms with Crippen LogP contribution >= 0.6 is 0 Å². The number of piperidine rings is 1. The van der Waals surface area contributed by atoms with E-state index in [4.69, 9.17) is 0 Å². The Bertz CT molecular complexity index is 302. The van der Waals surface area contributed by atoms with Crippen molar-refractivity contribution in [1.82, 2.24) is 10.2 Å². The lowest BCUT2D eigenvalue weighted by Crippen LogP contribution is -2.50. The molecule has 1 N–H and O–H groups in total. The third-order valence-electron chi connectivity index (χ3n) is 3.65. The van der Waals surface area contributed by atoms with Gasteiger partial charge in [0, 0.05) is 32.0 Å². The van der Waals surface area contributed by atoms with Gasteiger partial charge in [-0.15, -0.1) is 0 Å². The fourth-order valence-electron chi connectivity index (χ4n) is 2.19. The smallest absolute Gasteiger partial charge is 0.237 e. The van der Waals surface area contributed by atoms with Gasteiger partial charge in [0.2, 0.25) is 5.91 Å². The minimum atomic E-state index is -0.132. The summed E-state index contributed by atoms with van der Waals surface area (Å²) in [7, 11) is 0. The molecule has 1 heterocycles. The first-order valence-corrected chi connectivity index (χ1v) is 6.96. The summed E-state index contributed by atoms with van der Waals surface area (Å²) in [5.74, 6) is 1.06. The first-order valence-electron chi connectivity index (χ1n) is 6.96. The molecule has 0 aliphatic carbocycles. The number of nitrogens with one attached hydrogen (secondary N) is 1. The van der Waals surface area contributed by atoms with Gasteiger partial charge in [-0.05, 0) is 19.3 Å². The van der Waals surface area contributed by atoms with Gasteiger partial charge in [-0.2, -0.15) is 0 Å². The predicted octanol–water partition coefficient (Wildman–Crippen LogP) is 1.45. The van der Waals surface area contributed by atoms with Crippen molar-refractivity contribution < 1.29 is 9.59 Å². The molecule has 0 radical (unpaired) electrons. The third-order valence-corrected chi connectivity index (χ3v) is 3.65. The molecule has 104 valence electrons. The summed E-state index contributed by atoms with van der Waals surface area (Å²) in [6.07, 6.45) is 1.58. The van der Waals surface area contributed by atoms with Crippen LogP contribution in [0.5, 0.6) is 0 Å². The van der Waals surface area contributed by atoms with Crippen LogP contribution in [0.15, 0.2) is 0 Å². The predicted molar refractivity (Wildman–Crippen MR) is 72.3 cm³/mol. The Morgan fingerprint density at radius 3 is 2.67 bits per heavy atom. The Morgan fingerprint density at radius 2 is 2.11 bits per heavy atom. The first-order chi connectivity index (χ1) is 8.41. The summed E-state index contributed by atoms with van der Waals surface area (Å²) in [5.41, 5.74) is 0. The molecule has 0 spiro atoms.